The average molecular weight is 269 g/mol. The molecule has 0 saturated carbocycles. The molecule has 15 heavy (non-hydrogen) atoms. The summed E-state index contributed by atoms with van der Waals surface area (Å²) in [5.41, 5.74) is 1.72. The van der Waals surface area contributed by atoms with E-state index in [9.17, 15) is 4.79 Å². The molecule has 0 heterocycles. The molecule has 0 bridgehead atoms. The van der Waals surface area contributed by atoms with Crippen molar-refractivity contribution in [2.24, 2.45) is 0 Å². The predicted octanol–water partition coefficient (Wildman–Crippen LogP) is 3.07. The summed E-state index contributed by atoms with van der Waals surface area (Å²) in [5, 5.41) is 0. The van der Waals surface area contributed by atoms with Gasteiger partial charge in [0.1, 0.15) is 0 Å². The van der Waals surface area contributed by atoms with Crippen LogP contribution < -0.4 is 0 Å². The fourth-order valence-electron chi connectivity index (χ4n) is 1.19. The van der Waals surface area contributed by atoms with E-state index in [0.29, 0.717) is 18.6 Å². The first-order chi connectivity index (χ1) is 7.27. The molecule has 0 aliphatic carbocycles. The average Bonchev–Trinajstić information content (AvgIpc) is 2.27. The van der Waals surface area contributed by atoms with Gasteiger partial charge in [-0.25, -0.2) is 4.79 Å². The first-order valence-electron chi connectivity index (χ1n) is 4.78. The van der Waals surface area contributed by atoms with E-state index in [1.807, 2.05) is 30.3 Å². The second-order valence-electron chi connectivity index (χ2n) is 3.02. The molecule has 0 aliphatic rings. The van der Waals surface area contributed by atoms with Crippen molar-refractivity contribution < 1.29 is 9.53 Å². The number of rotatable bonds is 4. The molecule has 0 amide bonds. The van der Waals surface area contributed by atoms with Crippen LogP contribution in [0.2, 0.25) is 0 Å². The van der Waals surface area contributed by atoms with Gasteiger partial charge in [0.05, 0.1) is 6.61 Å². The van der Waals surface area contributed by atoms with E-state index in [1.54, 1.807) is 11.9 Å². The van der Waals surface area contributed by atoms with Crippen LogP contribution in [0, 0.1) is 0 Å². The van der Waals surface area contributed by atoms with E-state index in [1.165, 1.54) is 0 Å². The van der Waals surface area contributed by atoms with Crippen LogP contribution in [-0.4, -0.2) is 12.6 Å². The number of carbonyl (C=O) groups excluding carboxylic acids is 1. The van der Waals surface area contributed by atoms with Gasteiger partial charge in [0.2, 0.25) is 0 Å². The number of carbonyl (C=O) groups is 1. The van der Waals surface area contributed by atoms with E-state index < -0.39 is 0 Å². The molecule has 0 radical (unpaired) electrons. The molecule has 3 heteroatoms. The quantitative estimate of drug-likeness (QED) is 0.620. The Balaban J connectivity index is 2.67. The van der Waals surface area contributed by atoms with Crippen molar-refractivity contribution >= 4 is 21.9 Å². The van der Waals surface area contributed by atoms with Crippen LogP contribution in [-0.2, 0) is 16.0 Å². The Hall–Kier alpha value is -1.09. The molecule has 0 spiro atoms. The molecule has 1 aromatic carbocycles. The van der Waals surface area contributed by atoms with Gasteiger partial charge in [0, 0.05) is 12.0 Å². The summed E-state index contributed by atoms with van der Waals surface area (Å²) < 4.78 is 4.93. The molecule has 0 aliphatic heterocycles. The Bertz CT molecular complexity index is 344. The third-order valence-corrected chi connectivity index (χ3v) is 2.46. The van der Waals surface area contributed by atoms with Crippen molar-refractivity contribution in [1.29, 1.82) is 0 Å². The van der Waals surface area contributed by atoms with Gasteiger partial charge in [0.25, 0.3) is 0 Å². The monoisotopic (exact) mass is 268 g/mol. The molecule has 0 N–H and O–H groups in total. The first-order valence-corrected chi connectivity index (χ1v) is 5.69. The molecule has 1 rings (SSSR count). The van der Waals surface area contributed by atoms with Crippen LogP contribution in [0.15, 0.2) is 40.9 Å². The van der Waals surface area contributed by atoms with E-state index in [-0.39, 0.29) is 5.97 Å². The minimum absolute atomic E-state index is 0.266. The normalized spacial score (nSPS) is 11.2. The number of hydrogen-bond acceptors (Lipinski definition) is 2. The third kappa shape index (κ3) is 3.88. The maximum Gasteiger partial charge on any atom is 0.334 e. The van der Waals surface area contributed by atoms with E-state index in [0.717, 1.165) is 5.56 Å². The van der Waals surface area contributed by atoms with Crippen LogP contribution >= 0.6 is 15.9 Å². The third-order valence-electron chi connectivity index (χ3n) is 1.91. The maximum absolute atomic E-state index is 11.5. The lowest BCUT2D eigenvalue weighted by Crippen LogP contribution is -2.09. The zero-order chi connectivity index (χ0) is 11.1. The highest BCUT2D eigenvalue weighted by atomic mass is 79.9. The lowest BCUT2D eigenvalue weighted by molar-refractivity contribution is -0.138. The Morgan fingerprint density at radius 3 is 2.60 bits per heavy atom. The topological polar surface area (TPSA) is 26.3 Å². The smallest absolute Gasteiger partial charge is 0.334 e. The number of esters is 1. The van der Waals surface area contributed by atoms with Crippen molar-refractivity contribution in [3.05, 3.63) is 46.5 Å². The largest absolute Gasteiger partial charge is 0.463 e. The zero-order valence-electron chi connectivity index (χ0n) is 8.57. The molecule has 0 atom stereocenters. The molecule has 2 nitrogen and oxygen atoms in total. The van der Waals surface area contributed by atoms with Gasteiger partial charge in [0.15, 0.2) is 0 Å². The molecular formula is C12H13BrO2. The maximum atomic E-state index is 11.5. The van der Waals surface area contributed by atoms with Gasteiger partial charge in [-0.3, -0.25) is 0 Å². The summed E-state index contributed by atoms with van der Waals surface area (Å²) in [7, 11) is 0. The van der Waals surface area contributed by atoms with Gasteiger partial charge >= 0.3 is 5.97 Å². The van der Waals surface area contributed by atoms with Gasteiger partial charge < -0.3 is 4.74 Å². The van der Waals surface area contributed by atoms with Crippen LogP contribution in [0.3, 0.4) is 0 Å². The standard InChI is InChI=1S/C12H13BrO2/c1-2-15-12(14)11(9-13)8-10-6-4-3-5-7-10/h3-7,9H,2,8H2,1H3. The number of hydrogen-bond donors (Lipinski definition) is 0. The fourth-order valence-corrected chi connectivity index (χ4v) is 1.54. The minimum Gasteiger partial charge on any atom is -0.463 e. The molecule has 0 saturated heterocycles. The van der Waals surface area contributed by atoms with Crippen LogP contribution in [0.5, 0.6) is 0 Å². The SMILES string of the molecule is CCOC(=O)C(=CBr)Cc1ccccc1. The highest BCUT2D eigenvalue weighted by Gasteiger charge is 2.09. The highest BCUT2D eigenvalue weighted by Crippen LogP contribution is 2.11. The molecule has 0 unspecified atom stereocenters. The second kappa shape index (κ2) is 6.40. The molecule has 1 aromatic rings. The lowest BCUT2D eigenvalue weighted by atomic mass is 10.1. The van der Waals surface area contributed by atoms with Gasteiger partial charge in [-0.15, -0.1) is 0 Å². The predicted molar refractivity (Wildman–Crippen MR) is 63.8 cm³/mol. The molecule has 80 valence electrons. The van der Waals surface area contributed by atoms with Gasteiger partial charge in [-0.1, -0.05) is 46.3 Å². The van der Waals surface area contributed by atoms with E-state index in [2.05, 4.69) is 15.9 Å². The van der Waals surface area contributed by atoms with Crippen molar-refractivity contribution in [2.45, 2.75) is 13.3 Å². The Kier molecular flexibility index (Phi) is 5.12. The Morgan fingerprint density at radius 1 is 1.40 bits per heavy atom. The minimum atomic E-state index is -0.266. The summed E-state index contributed by atoms with van der Waals surface area (Å²) in [5.74, 6) is -0.266. The van der Waals surface area contributed by atoms with Crippen LogP contribution in [0.1, 0.15) is 12.5 Å². The zero-order valence-corrected chi connectivity index (χ0v) is 10.2. The van der Waals surface area contributed by atoms with Crippen molar-refractivity contribution in [3.8, 4) is 0 Å². The number of ether oxygens (including phenoxy) is 1. The van der Waals surface area contributed by atoms with E-state index in [4.69, 9.17) is 4.74 Å². The molecular weight excluding hydrogens is 256 g/mol. The number of halogens is 1. The van der Waals surface area contributed by atoms with Gasteiger partial charge in [-0.05, 0) is 17.5 Å². The van der Waals surface area contributed by atoms with Crippen molar-refractivity contribution in [1.82, 2.24) is 0 Å². The number of benzene rings is 1. The van der Waals surface area contributed by atoms with Crippen LogP contribution in [0.4, 0.5) is 0 Å². The Labute approximate surface area is 98.1 Å². The van der Waals surface area contributed by atoms with E-state index >= 15 is 0 Å². The van der Waals surface area contributed by atoms with Gasteiger partial charge in [-0.2, -0.15) is 0 Å². The molecule has 0 aromatic heterocycles. The summed E-state index contributed by atoms with van der Waals surface area (Å²) in [6.45, 7) is 2.20. The molecule has 0 fully saturated rings. The summed E-state index contributed by atoms with van der Waals surface area (Å²) in [4.78, 5) is 13.1. The summed E-state index contributed by atoms with van der Waals surface area (Å²) in [6.07, 6.45) is 0.588. The second-order valence-corrected chi connectivity index (χ2v) is 3.48. The summed E-state index contributed by atoms with van der Waals surface area (Å²) >= 11 is 3.18. The Morgan fingerprint density at radius 2 is 2.07 bits per heavy atom. The van der Waals surface area contributed by atoms with Crippen LogP contribution in [0.25, 0.3) is 0 Å². The lowest BCUT2D eigenvalue weighted by Gasteiger charge is -2.05. The fraction of sp³-hybridized carbons (Fsp3) is 0.250. The highest BCUT2D eigenvalue weighted by molar-refractivity contribution is 9.11. The first kappa shape index (κ1) is 12.0. The van der Waals surface area contributed by atoms with Crippen molar-refractivity contribution in [2.75, 3.05) is 6.61 Å². The van der Waals surface area contributed by atoms with Crippen molar-refractivity contribution in [3.63, 3.8) is 0 Å². The summed E-state index contributed by atoms with van der Waals surface area (Å²) in [6, 6.07) is 9.81.